The van der Waals surface area contributed by atoms with Crippen molar-refractivity contribution in [3.63, 3.8) is 0 Å². The molecule has 0 spiro atoms. The zero-order chi connectivity index (χ0) is 10.7. The van der Waals surface area contributed by atoms with Gasteiger partial charge in [0, 0.05) is 37.9 Å². The van der Waals surface area contributed by atoms with Crippen molar-refractivity contribution in [1.82, 2.24) is 15.6 Å². The summed E-state index contributed by atoms with van der Waals surface area (Å²) in [6.07, 6.45) is 3.03. The third-order valence-electron chi connectivity index (χ3n) is 2.43. The molecule has 0 saturated carbocycles. The normalized spacial score (nSPS) is 13.9. The first kappa shape index (κ1) is 16.4. The summed E-state index contributed by atoms with van der Waals surface area (Å²) in [6, 6.07) is 1.62. The molecule has 1 aromatic rings. The second kappa shape index (κ2) is 7.71. The Kier molecular flexibility index (Phi) is 7.46. The molecule has 1 saturated heterocycles. The van der Waals surface area contributed by atoms with Gasteiger partial charge >= 0.3 is 0 Å². The third-order valence-corrected chi connectivity index (χ3v) is 2.74. The van der Waals surface area contributed by atoms with Gasteiger partial charge < -0.3 is 10.6 Å². The molecule has 2 rings (SSSR count). The highest BCUT2D eigenvalue weighted by molar-refractivity contribution is 6.33. The highest BCUT2D eigenvalue weighted by Crippen LogP contribution is 2.13. The topological polar surface area (TPSA) is 54.0 Å². The van der Waals surface area contributed by atoms with Crippen LogP contribution in [0.15, 0.2) is 18.5 Å². The molecule has 2 heterocycles. The SMILES string of the molecule is Cl.Cl.O=C(NCC1CNC1)c1ccncc1Cl. The number of nitrogens with zero attached hydrogens (tertiary/aromatic N) is 1. The quantitative estimate of drug-likeness (QED) is 0.890. The first-order valence-corrected chi connectivity index (χ1v) is 5.23. The van der Waals surface area contributed by atoms with Crippen LogP contribution in [0.5, 0.6) is 0 Å². The smallest absolute Gasteiger partial charge is 0.252 e. The van der Waals surface area contributed by atoms with Gasteiger partial charge in [0.1, 0.15) is 0 Å². The minimum Gasteiger partial charge on any atom is -0.352 e. The third kappa shape index (κ3) is 4.32. The Balaban J connectivity index is 0.00000128. The van der Waals surface area contributed by atoms with Gasteiger partial charge in [0.25, 0.3) is 5.91 Å². The maximum Gasteiger partial charge on any atom is 0.252 e. The molecule has 1 aliphatic rings. The molecule has 1 aliphatic heterocycles. The number of nitrogens with one attached hydrogen (secondary N) is 2. The van der Waals surface area contributed by atoms with Crippen molar-refractivity contribution in [3.05, 3.63) is 29.0 Å². The van der Waals surface area contributed by atoms with E-state index in [1.165, 1.54) is 6.20 Å². The minimum absolute atomic E-state index is 0. The summed E-state index contributed by atoms with van der Waals surface area (Å²) < 4.78 is 0. The lowest BCUT2D eigenvalue weighted by Gasteiger charge is -2.27. The zero-order valence-corrected chi connectivity index (χ0v) is 11.4. The van der Waals surface area contributed by atoms with Gasteiger partial charge in [0.2, 0.25) is 0 Å². The number of carbonyl (C=O) groups is 1. The Morgan fingerprint density at radius 1 is 1.53 bits per heavy atom. The molecule has 0 unspecified atom stereocenters. The second-order valence-corrected chi connectivity index (χ2v) is 4.00. The Bertz CT molecular complexity index is 372. The van der Waals surface area contributed by atoms with Crippen LogP contribution in [0.2, 0.25) is 5.02 Å². The molecule has 17 heavy (non-hydrogen) atoms. The van der Waals surface area contributed by atoms with Crippen molar-refractivity contribution >= 4 is 42.3 Å². The summed E-state index contributed by atoms with van der Waals surface area (Å²) in [5.41, 5.74) is 0.485. The molecule has 0 bridgehead atoms. The van der Waals surface area contributed by atoms with E-state index >= 15 is 0 Å². The van der Waals surface area contributed by atoms with Crippen LogP contribution in [0.1, 0.15) is 10.4 Å². The number of amides is 1. The molecule has 1 aromatic heterocycles. The molecule has 2 N–H and O–H groups in total. The van der Waals surface area contributed by atoms with Crippen molar-refractivity contribution in [2.75, 3.05) is 19.6 Å². The zero-order valence-electron chi connectivity index (χ0n) is 8.98. The lowest BCUT2D eigenvalue weighted by Crippen LogP contribution is -2.48. The van der Waals surface area contributed by atoms with Crippen LogP contribution < -0.4 is 10.6 Å². The van der Waals surface area contributed by atoms with E-state index in [9.17, 15) is 4.79 Å². The molecule has 7 heteroatoms. The van der Waals surface area contributed by atoms with Gasteiger partial charge in [-0.15, -0.1) is 24.8 Å². The Morgan fingerprint density at radius 3 is 2.76 bits per heavy atom. The molecular weight excluding hydrogens is 284 g/mol. The van der Waals surface area contributed by atoms with Crippen LogP contribution in [0, 0.1) is 5.92 Å². The monoisotopic (exact) mass is 297 g/mol. The molecule has 1 amide bonds. The average Bonchev–Trinajstić information content (AvgIpc) is 2.16. The highest BCUT2D eigenvalue weighted by Gasteiger charge is 2.18. The van der Waals surface area contributed by atoms with Gasteiger partial charge in [-0.3, -0.25) is 9.78 Å². The predicted octanol–water partition coefficient (Wildman–Crippen LogP) is 1.53. The van der Waals surface area contributed by atoms with E-state index in [1.54, 1.807) is 12.3 Å². The predicted molar refractivity (Wildman–Crippen MR) is 72.4 cm³/mol. The van der Waals surface area contributed by atoms with Gasteiger partial charge in [0.15, 0.2) is 0 Å². The van der Waals surface area contributed by atoms with Gasteiger partial charge in [-0.1, -0.05) is 11.6 Å². The Morgan fingerprint density at radius 2 is 2.24 bits per heavy atom. The van der Waals surface area contributed by atoms with Gasteiger partial charge in [-0.25, -0.2) is 0 Å². The molecule has 0 aliphatic carbocycles. The van der Waals surface area contributed by atoms with Gasteiger partial charge in [0.05, 0.1) is 10.6 Å². The fourth-order valence-electron chi connectivity index (χ4n) is 1.38. The van der Waals surface area contributed by atoms with E-state index in [0.29, 0.717) is 23.0 Å². The molecule has 0 radical (unpaired) electrons. The van der Waals surface area contributed by atoms with Crippen LogP contribution in [0.25, 0.3) is 0 Å². The van der Waals surface area contributed by atoms with Crippen molar-refractivity contribution in [2.24, 2.45) is 5.92 Å². The number of halogens is 3. The van der Waals surface area contributed by atoms with Crippen molar-refractivity contribution in [1.29, 1.82) is 0 Å². The average molecular weight is 299 g/mol. The van der Waals surface area contributed by atoms with Crippen molar-refractivity contribution < 1.29 is 4.79 Å². The number of rotatable bonds is 3. The largest absolute Gasteiger partial charge is 0.352 e. The van der Waals surface area contributed by atoms with E-state index in [0.717, 1.165) is 13.1 Å². The summed E-state index contributed by atoms with van der Waals surface area (Å²) >= 11 is 5.85. The van der Waals surface area contributed by atoms with Crippen molar-refractivity contribution in [2.45, 2.75) is 0 Å². The molecule has 0 atom stereocenters. The number of aromatic nitrogens is 1. The summed E-state index contributed by atoms with van der Waals surface area (Å²) in [4.78, 5) is 15.5. The number of hydrogen-bond acceptors (Lipinski definition) is 3. The number of carbonyl (C=O) groups excluding carboxylic acids is 1. The van der Waals surface area contributed by atoms with E-state index < -0.39 is 0 Å². The van der Waals surface area contributed by atoms with Crippen LogP contribution in [0.3, 0.4) is 0 Å². The minimum atomic E-state index is -0.130. The van der Waals surface area contributed by atoms with Crippen LogP contribution in [-0.4, -0.2) is 30.5 Å². The van der Waals surface area contributed by atoms with Gasteiger partial charge in [-0.05, 0) is 6.07 Å². The molecule has 4 nitrogen and oxygen atoms in total. The number of hydrogen-bond donors (Lipinski definition) is 2. The Hall–Kier alpha value is -0.550. The van der Waals surface area contributed by atoms with E-state index in [2.05, 4.69) is 15.6 Å². The highest BCUT2D eigenvalue weighted by atomic mass is 35.5. The summed E-state index contributed by atoms with van der Waals surface area (Å²) in [6.45, 7) is 2.65. The Labute approximate surface area is 117 Å². The van der Waals surface area contributed by atoms with E-state index in [-0.39, 0.29) is 30.7 Å². The van der Waals surface area contributed by atoms with Crippen LogP contribution >= 0.6 is 36.4 Å². The standard InChI is InChI=1S/C10H12ClN3O.2ClH/c11-9-6-12-2-1-8(9)10(15)14-5-7-3-13-4-7;;/h1-2,6-7,13H,3-5H2,(H,14,15);2*1H. The molecule has 96 valence electrons. The molecule has 1 fully saturated rings. The first-order valence-electron chi connectivity index (χ1n) is 4.86. The lowest BCUT2D eigenvalue weighted by molar-refractivity contribution is 0.0942. The first-order chi connectivity index (χ1) is 7.27. The summed E-state index contributed by atoms with van der Waals surface area (Å²) in [5.74, 6) is 0.420. The van der Waals surface area contributed by atoms with E-state index in [4.69, 9.17) is 11.6 Å². The maximum absolute atomic E-state index is 11.7. The molecule has 0 aromatic carbocycles. The number of pyridine rings is 1. The molecular formula is C10H14Cl3N3O. The maximum atomic E-state index is 11.7. The van der Waals surface area contributed by atoms with Crippen LogP contribution in [0.4, 0.5) is 0 Å². The fraction of sp³-hybridized carbons (Fsp3) is 0.400. The van der Waals surface area contributed by atoms with E-state index in [1.807, 2.05) is 0 Å². The van der Waals surface area contributed by atoms with Crippen molar-refractivity contribution in [3.8, 4) is 0 Å². The summed E-state index contributed by atoms with van der Waals surface area (Å²) in [5, 5.41) is 6.39. The second-order valence-electron chi connectivity index (χ2n) is 3.59. The fourth-order valence-corrected chi connectivity index (χ4v) is 1.59. The lowest BCUT2D eigenvalue weighted by atomic mass is 10.0. The summed E-state index contributed by atoms with van der Waals surface area (Å²) in [7, 11) is 0. The van der Waals surface area contributed by atoms with Gasteiger partial charge in [-0.2, -0.15) is 0 Å². The van der Waals surface area contributed by atoms with Crippen LogP contribution in [-0.2, 0) is 0 Å².